The van der Waals surface area contributed by atoms with Crippen molar-refractivity contribution in [2.75, 3.05) is 18.7 Å². The highest BCUT2D eigenvalue weighted by atomic mass is 16.7. The van der Waals surface area contributed by atoms with Gasteiger partial charge in [-0.3, -0.25) is 4.98 Å². The number of pyridine rings is 1. The van der Waals surface area contributed by atoms with Crippen molar-refractivity contribution in [2.24, 2.45) is 0 Å². The number of aromatic nitrogens is 1. The Hall–Kier alpha value is -2.43. The van der Waals surface area contributed by atoms with E-state index in [-0.39, 0.29) is 6.79 Å². The molecule has 0 saturated carbocycles. The summed E-state index contributed by atoms with van der Waals surface area (Å²) < 4.78 is 16.4. The molecule has 0 unspecified atom stereocenters. The Bertz CT molecular complexity index is 616. The second-order valence-corrected chi connectivity index (χ2v) is 4.81. The first-order valence-electron chi connectivity index (χ1n) is 7.05. The van der Waals surface area contributed by atoms with Crippen LogP contribution in [0.25, 0.3) is 0 Å². The molecule has 2 aromatic rings. The lowest BCUT2D eigenvalue weighted by Crippen LogP contribution is -2.01. The number of benzene rings is 1. The van der Waals surface area contributed by atoms with Crippen LogP contribution in [0.3, 0.4) is 0 Å². The normalized spacial score (nSPS) is 12.2. The molecule has 110 valence electrons. The maximum absolute atomic E-state index is 5.77. The number of nitrogens with zero attached hydrogens (tertiary/aromatic N) is 1. The van der Waals surface area contributed by atoms with Gasteiger partial charge in [0.25, 0.3) is 0 Å². The van der Waals surface area contributed by atoms with Gasteiger partial charge in [-0.25, -0.2) is 0 Å². The Balaban J connectivity index is 1.62. The molecule has 1 aliphatic heterocycles. The first kappa shape index (κ1) is 13.5. The average Bonchev–Trinajstić information content (AvgIpc) is 2.99. The molecule has 5 heteroatoms. The molecule has 0 radical (unpaired) electrons. The van der Waals surface area contributed by atoms with Gasteiger partial charge in [-0.05, 0) is 24.1 Å². The molecule has 0 amide bonds. The molecule has 2 heterocycles. The average molecular weight is 286 g/mol. The first-order chi connectivity index (χ1) is 10.3. The molecule has 0 fully saturated rings. The van der Waals surface area contributed by atoms with E-state index in [1.807, 2.05) is 24.3 Å². The number of nitrogens with one attached hydrogen (secondary N) is 1. The van der Waals surface area contributed by atoms with Crippen LogP contribution in [-0.2, 0) is 6.61 Å². The molecule has 1 N–H and O–H groups in total. The largest absolute Gasteiger partial charge is 0.487 e. The molecule has 0 saturated heterocycles. The zero-order chi connectivity index (χ0) is 14.5. The molecule has 1 aromatic carbocycles. The van der Waals surface area contributed by atoms with Gasteiger partial charge in [-0.15, -0.1) is 0 Å². The lowest BCUT2D eigenvalue weighted by Gasteiger charge is -2.09. The number of rotatable bonds is 6. The Morgan fingerprint density at radius 3 is 3.00 bits per heavy atom. The van der Waals surface area contributed by atoms with Gasteiger partial charge in [-0.2, -0.15) is 0 Å². The smallest absolute Gasteiger partial charge is 0.231 e. The molecule has 3 rings (SSSR count). The van der Waals surface area contributed by atoms with E-state index < -0.39 is 0 Å². The quantitative estimate of drug-likeness (QED) is 0.883. The van der Waals surface area contributed by atoms with Crippen molar-refractivity contribution in [2.45, 2.75) is 20.0 Å². The molecule has 0 spiro atoms. The number of hydrogen-bond acceptors (Lipinski definition) is 5. The standard InChI is InChI=1S/C16H18N2O3/c1-2-5-18-13-7-14(9-17-8-13)19-10-12-3-4-15-16(6-12)21-11-20-15/h3-4,6-9,18H,2,5,10-11H2,1H3. The number of hydrogen-bond donors (Lipinski definition) is 1. The van der Waals surface area contributed by atoms with Gasteiger partial charge in [-0.1, -0.05) is 13.0 Å². The van der Waals surface area contributed by atoms with Gasteiger partial charge < -0.3 is 19.5 Å². The molecule has 0 atom stereocenters. The van der Waals surface area contributed by atoms with E-state index in [9.17, 15) is 0 Å². The van der Waals surface area contributed by atoms with Crippen molar-refractivity contribution in [1.82, 2.24) is 4.98 Å². The summed E-state index contributed by atoms with van der Waals surface area (Å²) in [7, 11) is 0. The SMILES string of the molecule is CCCNc1cncc(OCc2ccc3c(c2)OCO3)c1. The van der Waals surface area contributed by atoms with E-state index in [4.69, 9.17) is 14.2 Å². The van der Waals surface area contributed by atoms with Gasteiger partial charge in [0.2, 0.25) is 6.79 Å². The summed E-state index contributed by atoms with van der Waals surface area (Å²) in [6, 6.07) is 7.77. The maximum Gasteiger partial charge on any atom is 0.231 e. The number of fused-ring (bicyclic) bond motifs is 1. The van der Waals surface area contributed by atoms with Crippen LogP contribution >= 0.6 is 0 Å². The van der Waals surface area contributed by atoms with Gasteiger partial charge in [0.1, 0.15) is 12.4 Å². The van der Waals surface area contributed by atoms with Crippen molar-refractivity contribution in [1.29, 1.82) is 0 Å². The topological polar surface area (TPSA) is 52.6 Å². The van der Waals surface area contributed by atoms with Crippen molar-refractivity contribution < 1.29 is 14.2 Å². The van der Waals surface area contributed by atoms with Crippen molar-refractivity contribution in [3.8, 4) is 17.2 Å². The Morgan fingerprint density at radius 2 is 2.10 bits per heavy atom. The van der Waals surface area contributed by atoms with Crippen molar-refractivity contribution >= 4 is 5.69 Å². The van der Waals surface area contributed by atoms with Crippen LogP contribution < -0.4 is 19.5 Å². The minimum atomic E-state index is 0.286. The summed E-state index contributed by atoms with van der Waals surface area (Å²) in [5, 5.41) is 3.29. The zero-order valence-corrected chi connectivity index (χ0v) is 12.0. The zero-order valence-electron chi connectivity index (χ0n) is 12.0. The van der Waals surface area contributed by atoms with Crippen LogP contribution in [0.15, 0.2) is 36.7 Å². The van der Waals surface area contributed by atoms with Crippen molar-refractivity contribution in [3.63, 3.8) is 0 Å². The molecule has 5 nitrogen and oxygen atoms in total. The summed E-state index contributed by atoms with van der Waals surface area (Å²) in [4.78, 5) is 4.18. The summed E-state index contributed by atoms with van der Waals surface area (Å²) in [6.07, 6.45) is 4.58. The fourth-order valence-electron chi connectivity index (χ4n) is 2.06. The second-order valence-electron chi connectivity index (χ2n) is 4.81. The molecular weight excluding hydrogens is 268 g/mol. The highest BCUT2D eigenvalue weighted by Crippen LogP contribution is 2.32. The van der Waals surface area contributed by atoms with Gasteiger partial charge in [0.05, 0.1) is 18.1 Å². The third-order valence-corrected chi connectivity index (χ3v) is 3.13. The molecule has 0 bridgehead atoms. The highest BCUT2D eigenvalue weighted by Gasteiger charge is 2.13. The third kappa shape index (κ3) is 3.37. The Kier molecular flexibility index (Phi) is 4.09. The van der Waals surface area contributed by atoms with Crippen LogP contribution in [0.4, 0.5) is 5.69 Å². The summed E-state index contributed by atoms with van der Waals surface area (Å²) in [6.45, 7) is 3.80. The molecular formula is C16H18N2O3. The van der Waals surface area contributed by atoms with Crippen LogP contribution in [0.5, 0.6) is 17.2 Å². The monoisotopic (exact) mass is 286 g/mol. The van der Waals surface area contributed by atoms with E-state index >= 15 is 0 Å². The van der Waals surface area contributed by atoms with E-state index in [1.165, 1.54) is 0 Å². The Labute approximate surface area is 123 Å². The molecule has 1 aliphatic rings. The molecule has 0 aliphatic carbocycles. The predicted octanol–water partition coefficient (Wildman–Crippen LogP) is 3.21. The summed E-state index contributed by atoms with van der Waals surface area (Å²) >= 11 is 0. The number of anilines is 1. The van der Waals surface area contributed by atoms with Crippen LogP contribution in [0.2, 0.25) is 0 Å². The summed E-state index contributed by atoms with van der Waals surface area (Å²) in [5.74, 6) is 2.30. The van der Waals surface area contributed by atoms with E-state index in [2.05, 4.69) is 17.2 Å². The number of ether oxygens (including phenoxy) is 3. The van der Waals surface area contributed by atoms with Gasteiger partial charge in [0, 0.05) is 12.6 Å². The fourth-order valence-corrected chi connectivity index (χ4v) is 2.06. The highest BCUT2D eigenvalue weighted by molar-refractivity contribution is 5.46. The van der Waals surface area contributed by atoms with Crippen LogP contribution in [0.1, 0.15) is 18.9 Å². The van der Waals surface area contributed by atoms with E-state index in [1.54, 1.807) is 12.4 Å². The predicted molar refractivity (Wildman–Crippen MR) is 79.9 cm³/mol. The van der Waals surface area contributed by atoms with E-state index in [0.717, 1.165) is 41.5 Å². The molecule has 21 heavy (non-hydrogen) atoms. The van der Waals surface area contributed by atoms with E-state index in [0.29, 0.717) is 6.61 Å². The molecule has 1 aromatic heterocycles. The lowest BCUT2D eigenvalue weighted by molar-refractivity contribution is 0.174. The van der Waals surface area contributed by atoms with Gasteiger partial charge >= 0.3 is 0 Å². The minimum Gasteiger partial charge on any atom is -0.487 e. The second kappa shape index (κ2) is 6.35. The van der Waals surface area contributed by atoms with Crippen LogP contribution in [-0.4, -0.2) is 18.3 Å². The van der Waals surface area contributed by atoms with Gasteiger partial charge in [0.15, 0.2) is 11.5 Å². The minimum absolute atomic E-state index is 0.286. The maximum atomic E-state index is 5.77. The lowest BCUT2D eigenvalue weighted by atomic mass is 10.2. The summed E-state index contributed by atoms with van der Waals surface area (Å²) in [5.41, 5.74) is 2.01. The third-order valence-electron chi connectivity index (χ3n) is 3.13. The van der Waals surface area contributed by atoms with Crippen molar-refractivity contribution in [3.05, 3.63) is 42.2 Å². The Morgan fingerprint density at radius 1 is 1.19 bits per heavy atom. The van der Waals surface area contributed by atoms with Crippen LogP contribution in [0, 0.1) is 0 Å². The first-order valence-corrected chi connectivity index (χ1v) is 7.05. The fraction of sp³-hybridized carbons (Fsp3) is 0.312.